The zero-order valence-corrected chi connectivity index (χ0v) is 16.4. The van der Waals surface area contributed by atoms with E-state index in [1.165, 1.54) is 21.8 Å². The van der Waals surface area contributed by atoms with Gasteiger partial charge in [0.15, 0.2) is 11.5 Å². The second-order valence-corrected chi connectivity index (χ2v) is 6.73. The Hall–Kier alpha value is -3.14. The molecule has 0 atom stereocenters. The quantitative estimate of drug-likeness (QED) is 0.372. The SMILES string of the molecule is COc1cccc(OC)c1OCCCCn1c2ccccc2c2ccccc21. The highest BCUT2D eigenvalue weighted by molar-refractivity contribution is 6.07. The zero-order chi connectivity index (χ0) is 19.3. The van der Waals surface area contributed by atoms with Gasteiger partial charge in [-0.3, -0.25) is 0 Å². The Balaban J connectivity index is 1.44. The molecule has 0 aliphatic heterocycles. The van der Waals surface area contributed by atoms with E-state index in [1.54, 1.807) is 14.2 Å². The number of ether oxygens (including phenoxy) is 3. The number of hydrogen-bond acceptors (Lipinski definition) is 3. The van der Waals surface area contributed by atoms with Crippen LogP contribution in [0.25, 0.3) is 21.8 Å². The van der Waals surface area contributed by atoms with E-state index >= 15 is 0 Å². The van der Waals surface area contributed by atoms with Crippen molar-refractivity contribution in [3.8, 4) is 17.2 Å². The fourth-order valence-corrected chi connectivity index (χ4v) is 3.75. The van der Waals surface area contributed by atoms with E-state index in [2.05, 4.69) is 53.1 Å². The number of nitrogens with zero attached hydrogens (tertiary/aromatic N) is 1. The highest BCUT2D eigenvalue weighted by atomic mass is 16.5. The largest absolute Gasteiger partial charge is 0.493 e. The van der Waals surface area contributed by atoms with Gasteiger partial charge in [-0.25, -0.2) is 0 Å². The van der Waals surface area contributed by atoms with Crippen molar-refractivity contribution in [3.05, 3.63) is 66.7 Å². The van der Waals surface area contributed by atoms with Crippen molar-refractivity contribution >= 4 is 21.8 Å². The van der Waals surface area contributed by atoms with Crippen molar-refractivity contribution in [2.75, 3.05) is 20.8 Å². The predicted molar refractivity (Wildman–Crippen MR) is 114 cm³/mol. The molecular formula is C24H25NO3. The van der Waals surface area contributed by atoms with Gasteiger partial charge in [-0.2, -0.15) is 0 Å². The van der Waals surface area contributed by atoms with Crippen LogP contribution in [0, 0.1) is 0 Å². The molecule has 0 aliphatic rings. The molecule has 0 saturated heterocycles. The summed E-state index contributed by atoms with van der Waals surface area (Å²) in [6.07, 6.45) is 1.97. The third-order valence-electron chi connectivity index (χ3n) is 5.08. The Labute approximate surface area is 165 Å². The van der Waals surface area contributed by atoms with Gasteiger partial charge in [0.25, 0.3) is 0 Å². The maximum atomic E-state index is 5.99. The van der Waals surface area contributed by atoms with Crippen LogP contribution >= 0.6 is 0 Å². The second-order valence-electron chi connectivity index (χ2n) is 6.73. The van der Waals surface area contributed by atoms with Crippen LogP contribution in [0.15, 0.2) is 66.7 Å². The van der Waals surface area contributed by atoms with Crippen molar-refractivity contribution in [2.24, 2.45) is 0 Å². The molecular weight excluding hydrogens is 350 g/mol. The summed E-state index contributed by atoms with van der Waals surface area (Å²) in [5.74, 6) is 2.06. The normalized spacial score (nSPS) is 11.1. The van der Waals surface area contributed by atoms with Gasteiger partial charge in [-0.05, 0) is 37.1 Å². The second kappa shape index (κ2) is 8.26. The first-order chi connectivity index (χ1) is 13.8. The third-order valence-corrected chi connectivity index (χ3v) is 5.08. The first kappa shape index (κ1) is 18.2. The summed E-state index contributed by atoms with van der Waals surface area (Å²) in [7, 11) is 3.29. The molecule has 28 heavy (non-hydrogen) atoms. The highest BCUT2D eigenvalue weighted by Crippen LogP contribution is 2.37. The molecule has 1 heterocycles. The van der Waals surface area contributed by atoms with Gasteiger partial charge < -0.3 is 18.8 Å². The van der Waals surface area contributed by atoms with E-state index in [-0.39, 0.29) is 0 Å². The van der Waals surface area contributed by atoms with E-state index in [0.29, 0.717) is 23.9 Å². The van der Waals surface area contributed by atoms with Crippen LogP contribution in [0.2, 0.25) is 0 Å². The topological polar surface area (TPSA) is 32.6 Å². The average molecular weight is 375 g/mol. The summed E-state index contributed by atoms with van der Waals surface area (Å²) in [6.45, 7) is 1.58. The van der Waals surface area contributed by atoms with E-state index in [0.717, 1.165) is 19.4 Å². The molecule has 0 bridgehead atoms. The summed E-state index contributed by atoms with van der Waals surface area (Å²) in [5.41, 5.74) is 2.58. The van der Waals surface area contributed by atoms with Crippen molar-refractivity contribution in [1.29, 1.82) is 0 Å². The van der Waals surface area contributed by atoms with Crippen LogP contribution in [0.5, 0.6) is 17.2 Å². The van der Waals surface area contributed by atoms with Crippen molar-refractivity contribution < 1.29 is 14.2 Å². The van der Waals surface area contributed by atoms with Gasteiger partial charge in [-0.1, -0.05) is 42.5 Å². The number of unbranched alkanes of at least 4 members (excludes halogenated alkanes) is 1. The minimum atomic E-state index is 0.619. The molecule has 4 nitrogen and oxygen atoms in total. The summed E-state index contributed by atoms with van der Waals surface area (Å²) >= 11 is 0. The maximum Gasteiger partial charge on any atom is 0.203 e. The van der Waals surface area contributed by atoms with Crippen LogP contribution in [-0.2, 0) is 6.54 Å². The Morgan fingerprint density at radius 3 is 1.82 bits per heavy atom. The zero-order valence-electron chi connectivity index (χ0n) is 16.4. The van der Waals surface area contributed by atoms with Crippen LogP contribution < -0.4 is 14.2 Å². The van der Waals surface area contributed by atoms with E-state index < -0.39 is 0 Å². The number of fused-ring (bicyclic) bond motifs is 3. The van der Waals surface area contributed by atoms with E-state index in [1.807, 2.05) is 18.2 Å². The monoisotopic (exact) mass is 375 g/mol. The number of aryl methyl sites for hydroxylation is 1. The van der Waals surface area contributed by atoms with Crippen LogP contribution in [0.3, 0.4) is 0 Å². The fraction of sp³-hybridized carbons (Fsp3) is 0.250. The average Bonchev–Trinajstić information content (AvgIpc) is 3.07. The summed E-state index contributed by atoms with van der Waals surface area (Å²) in [6, 6.07) is 22.9. The van der Waals surface area contributed by atoms with Gasteiger partial charge >= 0.3 is 0 Å². The summed E-state index contributed by atoms with van der Waals surface area (Å²) in [5, 5.41) is 2.63. The van der Waals surface area contributed by atoms with Gasteiger partial charge in [0.1, 0.15) is 0 Å². The van der Waals surface area contributed by atoms with Crippen molar-refractivity contribution in [2.45, 2.75) is 19.4 Å². The highest BCUT2D eigenvalue weighted by Gasteiger charge is 2.12. The lowest BCUT2D eigenvalue weighted by atomic mass is 10.2. The molecule has 0 saturated carbocycles. The molecule has 4 aromatic rings. The first-order valence-corrected chi connectivity index (χ1v) is 9.63. The molecule has 0 aliphatic carbocycles. The Kier molecular flexibility index (Phi) is 5.38. The minimum Gasteiger partial charge on any atom is -0.493 e. The molecule has 0 amide bonds. The Bertz CT molecular complexity index is 1010. The molecule has 144 valence electrons. The van der Waals surface area contributed by atoms with Gasteiger partial charge in [0.05, 0.1) is 20.8 Å². The predicted octanol–water partition coefficient (Wildman–Crippen LogP) is 5.67. The number of aromatic nitrogens is 1. The first-order valence-electron chi connectivity index (χ1n) is 9.63. The maximum absolute atomic E-state index is 5.99. The third kappa shape index (κ3) is 3.38. The van der Waals surface area contributed by atoms with E-state index in [4.69, 9.17) is 14.2 Å². The van der Waals surface area contributed by atoms with E-state index in [9.17, 15) is 0 Å². The van der Waals surface area contributed by atoms with Crippen LogP contribution in [0.1, 0.15) is 12.8 Å². The Morgan fingerprint density at radius 1 is 0.679 bits per heavy atom. The summed E-state index contributed by atoms with van der Waals surface area (Å²) in [4.78, 5) is 0. The number of methoxy groups -OCH3 is 2. The lowest BCUT2D eigenvalue weighted by Gasteiger charge is -2.14. The van der Waals surface area contributed by atoms with Crippen LogP contribution in [0.4, 0.5) is 0 Å². The molecule has 0 spiro atoms. The van der Waals surface area contributed by atoms with Gasteiger partial charge in [-0.15, -0.1) is 0 Å². The lowest BCUT2D eigenvalue weighted by Crippen LogP contribution is -2.04. The molecule has 0 radical (unpaired) electrons. The molecule has 3 aromatic carbocycles. The Morgan fingerprint density at radius 2 is 1.25 bits per heavy atom. The molecule has 1 aromatic heterocycles. The number of para-hydroxylation sites is 3. The number of benzene rings is 3. The lowest BCUT2D eigenvalue weighted by molar-refractivity contribution is 0.267. The van der Waals surface area contributed by atoms with Crippen molar-refractivity contribution in [3.63, 3.8) is 0 Å². The fourth-order valence-electron chi connectivity index (χ4n) is 3.75. The number of rotatable bonds is 8. The summed E-state index contributed by atoms with van der Waals surface area (Å²) < 4.78 is 19.2. The standard InChI is InChI=1S/C24H25NO3/c1-26-22-14-9-15-23(27-2)24(22)28-17-8-7-16-25-20-12-5-3-10-18(20)19-11-4-6-13-21(19)25/h3-6,9-15H,7-8,16-17H2,1-2H3. The van der Waals surface area contributed by atoms with Crippen molar-refractivity contribution in [1.82, 2.24) is 4.57 Å². The smallest absolute Gasteiger partial charge is 0.203 e. The minimum absolute atomic E-state index is 0.619. The van der Waals surface area contributed by atoms with Crippen LogP contribution in [-0.4, -0.2) is 25.4 Å². The van der Waals surface area contributed by atoms with Gasteiger partial charge in [0, 0.05) is 28.4 Å². The molecule has 4 heteroatoms. The van der Waals surface area contributed by atoms with Gasteiger partial charge in [0.2, 0.25) is 5.75 Å². The molecule has 0 N–H and O–H groups in total. The molecule has 0 unspecified atom stereocenters. The molecule has 0 fully saturated rings. The molecule has 4 rings (SSSR count). The number of hydrogen-bond donors (Lipinski definition) is 0.